The first-order valence-corrected chi connectivity index (χ1v) is 9.00. The van der Waals surface area contributed by atoms with Crippen molar-refractivity contribution in [3.63, 3.8) is 0 Å². The SMILES string of the molecule is C=C(C)CN=C(NCCc1ccco1)N(C)CC1CCCN1CC. The molecule has 1 aliphatic rings. The number of hydrogen-bond acceptors (Lipinski definition) is 3. The molecule has 0 amide bonds. The van der Waals surface area contributed by atoms with Gasteiger partial charge in [-0.25, -0.2) is 4.99 Å². The minimum Gasteiger partial charge on any atom is -0.469 e. The van der Waals surface area contributed by atoms with Crippen LogP contribution < -0.4 is 5.32 Å². The number of nitrogens with zero attached hydrogens (tertiary/aromatic N) is 3. The van der Waals surface area contributed by atoms with Gasteiger partial charge in [-0.2, -0.15) is 0 Å². The summed E-state index contributed by atoms with van der Waals surface area (Å²) in [6.45, 7) is 13.1. The maximum absolute atomic E-state index is 5.40. The van der Waals surface area contributed by atoms with Crippen LogP contribution in [0.25, 0.3) is 0 Å². The lowest BCUT2D eigenvalue weighted by Gasteiger charge is -2.30. The number of likely N-dealkylation sites (N-methyl/N-ethyl adjacent to an activating group) is 2. The van der Waals surface area contributed by atoms with E-state index < -0.39 is 0 Å². The van der Waals surface area contributed by atoms with Crippen molar-refractivity contribution in [2.24, 2.45) is 4.99 Å². The fourth-order valence-electron chi connectivity index (χ4n) is 3.19. The Kier molecular flexibility index (Phi) is 7.37. The summed E-state index contributed by atoms with van der Waals surface area (Å²) in [7, 11) is 2.13. The summed E-state index contributed by atoms with van der Waals surface area (Å²) in [6.07, 6.45) is 5.16. The van der Waals surface area contributed by atoms with Crippen molar-refractivity contribution < 1.29 is 4.42 Å². The highest BCUT2D eigenvalue weighted by atomic mass is 16.3. The number of nitrogens with one attached hydrogen (secondary N) is 1. The van der Waals surface area contributed by atoms with Gasteiger partial charge in [-0.15, -0.1) is 0 Å². The predicted octanol–water partition coefficient (Wildman–Crippen LogP) is 2.76. The van der Waals surface area contributed by atoms with Crippen LogP contribution in [0.2, 0.25) is 0 Å². The van der Waals surface area contributed by atoms with E-state index in [9.17, 15) is 0 Å². The Morgan fingerprint density at radius 3 is 3.04 bits per heavy atom. The molecule has 0 radical (unpaired) electrons. The van der Waals surface area contributed by atoms with Crippen LogP contribution in [0.15, 0.2) is 40.0 Å². The first-order chi connectivity index (χ1) is 11.6. The average Bonchev–Trinajstić information content (AvgIpc) is 3.21. The molecule has 1 aromatic rings. The highest BCUT2D eigenvalue weighted by molar-refractivity contribution is 5.80. The highest BCUT2D eigenvalue weighted by Crippen LogP contribution is 2.17. The summed E-state index contributed by atoms with van der Waals surface area (Å²) in [5.41, 5.74) is 1.07. The summed E-state index contributed by atoms with van der Waals surface area (Å²) >= 11 is 0. The smallest absolute Gasteiger partial charge is 0.194 e. The third-order valence-corrected chi connectivity index (χ3v) is 4.48. The van der Waals surface area contributed by atoms with E-state index in [0.717, 1.165) is 43.3 Å². The summed E-state index contributed by atoms with van der Waals surface area (Å²) in [6, 6.07) is 4.56. The molecule has 1 atom stereocenters. The lowest BCUT2D eigenvalue weighted by atomic mass is 10.2. The topological polar surface area (TPSA) is 44.0 Å². The monoisotopic (exact) mass is 332 g/mol. The lowest BCUT2D eigenvalue weighted by Crippen LogP contribution is -2.46. The Morgan fingerprint density at radius 1 is 1.54 bits per heavy atom. The molecule has 1 saturated heterocycles. The minimum atomic E-state index is 0.627. The normalized spacial score (nSPS) is 18.8. The van der Waals surface area contributed by atoms with Crippen LogP contribution in [-0.2, 0) is 6.42 Å². The van der Waals surface area contributed by atoms with Gasteiger partial charge in [-0.1, -0.05) is 19.1 Å². The van der Waals surface area contributed by atoms with Gasteiger partial charge in [0.1, 0.15) is 5.76 Å². The molecule has 1 aromatic heterocycles. The van der Waals surface area contributed by atoms with E-state index in [1.54, 1.807) is 6.26 Å². The zero-order chi connectivity index (χ0) is 17.4. The minimum absolute atomic E-state index is 0.627. The van der Waals surface area contributed by atoms with Crippen molar-refractivity contribution >= 4 is 5.96 Å². The number of furan rings is 1. The second-order valence-corrected chi connectivity index (χ2v) is 6.66. The molecule has 0 bridgehead atoms. The van der Waals surface area contributed by atoms with Crippen LogP contribution in [0.5, 0.6) is 0 Å². The van der Waals surface area contributed by atoms with Crippen molar-refractivity contribution in [1.29, 1.82) is 0 Å². The van der Waals surface area contributed by atoms with Gasteiger partial charge in [0.25, 0.3) is 0 Å². The van der Waals surface area contributed by atoms with Gasteiger partial charge in [0, 0.05) is 32.6 Å². The number of likely N-dealkylation sites (tertiary alicyclic amines) is 1. The summed E-state index contributed by atoms with van der Waals surface area (Å²) in [5.74, 6) is 1.95. The van der Waals surface area contributed by atoms with E-state index >= 15 is 0 Å². The van der Waals surface area contributed by atoms with Crippen molar-refractivity contribution in [3.8, 4) is 0 Å². The largest absolute Gasteiger partial charge is 0.469 e. The van der Waals surface area contributed by atoms with E-state index in [2.05, 4.69) is 35.7 Å². The Morgan fingerprint density at radius 2 is 2.38 bits per heavy atom. The molecule has 0 saturated carbocycles. The molecule has 0 aromatic carbocycles. The molecule has 5 heteroatoms. The highest BCUT2D eigenvalue weighted by Gasteiger charge is 2.24. The maximum Gasteiger partial charge on any atom is 0.194 e. The van der Waals surface area contributed by atoms with Crippen molar-refractivity contribution in [2.45, 2.75) is 39.2 Å². The quantitative estimate of drug-likeness (QED) is 0.452. The van der Waals surface area contributed by atoms with Crippen LogP contribution in [0.4, 0.5) is 0 Å². The molecule has 24 heavy (non-hydrogen) atoms. The number of rotatable bonds is 8. The second kappa shape index (κ2) is 9.52. The molecular formula is C19H32N4O. The summed E-state index contributed by atoms with van der Waals surface area (Å²) in [5, 5.41) is 3.48. The molecule has 134 valence electrons. The Balaban J connectivity index is 1.90. The van der Waals surface area contributed by atoms with Gasteiger partial charge < -0.3 is 14.6 Å². The van der Waals surface area contributed by atoms with Crippen LogP contribution in [-0.4, -0.2) is 61.6 Å². The van der Waals surface area contributed by atoms with Gasteiger partial charge in [-0.3, -0.25) is 4.90 Å². The van der Waals surface area contributed by atoms with Gasteiger partial charge in [0.05, 0.1) is 12.8 Å². The molecule has 5 nitrogen and oxygen atoms in total. The number of guanidine groups is 1. The summed E-state index contributed by atoms with van der Waals surface area (Å²) < 4.78 is 5.40. The summed E-state index contributed by atoms with van der Waals surface area (Å²) in [4.78, 5) is 9.54. The predicted molar refractivity (Wildman–Crippen MR) is 100 cm³/mol. The molecule has 2 heterocycles. The molecule has 1 N–H and O–H groups in total. The fraction of sp³-hybridized carbons (Fsp3) is 0.632. The molecular weight excluding hydrogens is 300 g/mol. The van der Waals surface area contributed by atoms with E-state index in [1.165, 1.54) is 19.4 Å². The standard InChI is InChI=1S/C19H32N4O/c1-5-23-12-6-8-17(23)15-22(4)19(21-14-16(2)3)20-11-10-18-9-7-13-24-18/h7,9,13,17H,2,5-6,8,10-12,14-15H2,1,3-4H3,(H,20,21). The average molecular weight is 332 g/mol. The first kappa shape index (κ1) is 18.6. The molecule has 1 unspecified atom stereocenters. The van der Waals surface area contributed by atoms with Gasteiger partial charge in [0.15, 0.2) is 5.96 Å². The fourth-order valence-corrected chi connectivity index (χ4v) is 3.19. The van der Waals surface area contributed by atoms with E-state index in [1.807, 2.05) is 19.1 Å². The van der Waals surface area contributed by atoms with Crippen LogP contribution in [0.3, 0.4) is 0 Å². The Labute approximate surface area is 146 Å². The van der Waals surface area contributed by atoms with E-state index in [0.29, 0.717) is 12.6 Å². The number of hydrogen-bond donors (Lipinski definition) is 1. The lowest BCUT2D eigenvalue weighted by molar-refractivity contribution is 0.232. The molecule has 1 fully saturated rings. The number of aliphatic imine (C=N–C) groups is 1. The Hall–Kier alpha value is -1.75. The third kappa shape index (κ3) is 5.71. The van der Waals surface area contributed by atoms with Crippen molar-refractivity contribution in [1.82, 2.24) is 15.1 Å². The van der Waals surface area contributed by atoms with Gasteiger partial charge in [0.2, 0.25) is 0 Å². The van der Waals surface area contributed by atoms with Gasteiger partial charge in [-0.05, 0) is 45.0 Å². The zero-order valence-electron chi connectivity index (χ0n) is 15.4. The zero-order valence-corrected chi connectivity index (χ0v) is 15.4. The third-order valence-electron chi connectivity index (χ3n) is 4.48. The molecule has 0 aliphatic carbocycles. The van der Waals surface area contributed by atoms with E-state index in [-0.39, 0.29) is 0 Å². The molecule has 1 aliphatic heterocycles. The van der Waals surface area contributed by atoms with Gasteiger partial charge >= 0.3 is 0 Å². The maximum atomic E-state index is 5.40. The molecule has 0 spiro atoms. The van der Waals surface area contributed by atoms with Crippen molar-refractivity contribution in [3.05, 3.63) is 36.3 Å². The molecule has 2 rings (SSSR count). The van der Waals surface area contributed by atoms with Crippen LogP contribution in [0, 0.1) is 0 Å². The first-order valence-electron chi connectivity index (χ1n) is 9.00. The second-order valence-electron chi connectivity index (χ2n) is 6.66. The van der Waals surface area contributed by atoms with Crippen LogP contribution in [0.1, 0.15) is 32.4 Å². The van der Waals surface area contributed by atoms with E-state index in [4.69, 9.17) is 9.41 Å². The van der Waals surface area contributed by atoms with Crippen LogP contribution >= 0.6 is 0 Å². The van der Waals surface area contributed by atoms with Crippen molar-refractivity contribution in [2.75, 3.05) is 39.8 Å². The Bertz CT molecular complexity index is 523.